The minimum atomic E-state index is -1.31. The summed E-state index contributed by atoms with van der Waals surface area (Å²) in [5.41, 5.74) is 0.692. The van der Waals surface area contributed by atoms with Gasteiger partial charge >= 0.3 is 0 Å². The van der Waals surface area contributed by atoms with Gasteiger partial charge in [-0.2, -0.15) is 0 Å². The summed E-state index contributed by atoms with van der Waals surface area (Å²) in [7, 11) is 3.31. The molecule has 1 aromatic carbocycles. The number of carboxylic acid groups (broad SMARTS) is 1. The van der Waals surface area contributed by atoms with Crippen molar-refractivity contribution in [3.8, 4) is 11.5 Å². The number of nitrogens with zero attached hydrogens (tertiary/aromatic N) is 1. The molecule has 0 N–H and O–H groups in total. The maximum Gasteiger partial charge on any atom is 0.262 e. The highest BCUT2D eigenvalue weighted by Gasteiger charge is 2.18. The maximum absolute atomic E-state index is 12.2. The van der Waals surface area contributed by atoms with E-state index in [0.29, 0.717) is 28.5 Å². The van der Waals surface area contributed by atoms with Crippen molar-refractivity contribution in [2.45, 2.75) is 20.0 Å². The average molecular weight is 416 g/mol. The summed E-state index contributed by atoms with van der Waals surface area (Å²) in [6.45, 7) is 3.89. The fraction of sp³-hybridized carbons (Fsp3) is 0.286. The topological polar surface area (TPSA) is 96.0 Å². The van der Waals surface area contributed by atoms with Crippen molar-refractivity contribution in [3.05, 3.63) is 51.7 Å². The summed E-state index contributed by atoms with van der Waals surface area (Å²) >= 11 is 0.866. The van der Waals surface area contributed by atoms with Gasteiger partial charge < -0.3 is 24.3 Å². The summed E-state index contributed by atoms with van der Waals surface area (Å²) in [5, 5.41) is 10.8. The minimum absolute atomic E-state index is 0.00303. The third kappa shape index (κ3) is 5.92. The zero-order chi connectivity index (χ0) is 21.6. The standard InChI is InChI=1S/C21H23NO6S/c1-5-27-17-12-14(7-9-16(17)28-13(2)20(24)22(3)4)6-8-15(23)18-10-11-19(29-18)21(25)26/h6-13H,5H2,1-4H3,(H,25,26)/p-1/b8-6+/t13-/m0/s1. The van der Waals surface area contributed by atoms with E-state index >= 15 is 0 Å². The quantitative estimate of drug-likeness (QED) is 0.460. The molecule has 0 saturated heterocycles. The molecule has 154 valence electrons. The van der Waals surface area contributed by atoms with Gasteiger partial charge in [-0.25, -0.2) is 0 Å². The first-order valence-electron chi connectivity index (χ1n) is 8.91. The van der Waals surface area contributed by atoms with Gasteiger partial charge in [0.1, 0.15) is 0 Å². The Kier molecular flexibility index (Phi) is 7.55. The van der Waals surface area contributed by atoms with Gasteiger partial charge in [-0.15, -0.1) is 11.3 Å². The van der Waals surface area contributed by atoms with E-state index in [9.17, 15) is 19.5 Å². The Morgan fingerprint density at radius 3 is 2.41 bits per heavy atom. The fourth-order valence-electron chi connectivity index (χ4n) is 2.43. The third-order valence-corrected chi connectivity index (χ3v) is 4.92. The van der Waals surface area contributed by atoms with Crippen LogP contribution in [0.5, 0.6) is 11.5 Å². The normalized spacial score (nSPS) is 11.9. The van der Waals surface area contributed by atoms with Crippen LogP contribution in [0.1, 0.15) is 38.8 Å². The van der Waals surface area contributed by atoms with Crippen LogP contribution in [0.25, 0.3) is 6.08 Å². The molecule has 0 radical (unpaired) electrons. The molecule has 29 heavy (non-hydrogen) atoms. The maximum atomic E-state index is 12.2. The first kappa shape index (κ1) is 22.2. The predicted molar refractivity (Wildman–Crippen MR) is 108 cm³/mol. The number of benzene rings is 1. The predicted octanol–water partition coefficient (Wildman–Crippen LogP) is 2.26. The number of carbonyl (C=O) groups is 3. The molecule has 1 amide bonds. The third-order valence-electron chi connectivity index (χ3n) is 3.84. The number of aromatic carboxylic acids is 1. The Bertz CT molecular complexity index is 931. The summed E-state index contributed by atoms with van der Waals surface area (Å²) in [4.78, 5) is 36.8. The Morgan fingerprint density at radius 1 is 1.14 bits per heavy atom. The number of allylic oxidation sites excluding steroid dienone is 1. The van der Waals surface area contributed by atoms with Crippen LogP contribution in [0.3, 0.4) is 0 Å². The molecule has 0 aliphatic heterocycles. The largest absolute Gasteiger partial charge is 0.544 e. The second kappa shape index (κ2) is 9.88. The molecule has 0 bridgehead atoms. The van der Waals surface area contributed by atoms with Crippen LogP contribution in [0.15, 0.2) is 36.4 Å². The smallest absolute Gasteiger partial charge is 0.262 e. The van der Waals surface area contributed by atoms with Crippen molar-refractivity contribution < 1.29 is 29.0 Å². The van der Waals surface area contributed by atoms with Crippen LogP contribution >= 0.6 is 11.3 Å². The lowest BCUT2D eigenvalue weighted by Gasteiger charge is -2.20. The Morgan fingerprint density at radius 2 is 1.83 bits per heavy atom. The molecule has 0 fully saturated rings. The molecular formula is C21H22NO6S-. The number of carboxylic acids is 1. The van der Waals surface area contributed by atoms with Crippen molar-refractivity contribution in [2.75, 3.05) is 20.7 Å². The van der Waals surface area contributed by atoms with Crippen molar-refractivity contribution in [1.82, 2.24) is 4.90 Å². The number of rotatable bonds is 9. The van der Waals surface area contributed by atoms with Crippen LogP contribution in [0.4, 0.5) is 0 Å². The second-order valence-corrected chi connectivity index (χ2v) is 7.36. The Labute approximate surface area is 173 Å². The van der Waals surface area contributed by atoms with Crippen LogP contribution in [0, 0.1) is 0 Å². The van der Waals surface area contributed by atoms with Crippen molar-refractivity contribution in [1.29, 1.82) is 0 Å². The van der Waals surface area contributed by atoms with Crippen LogP contribution in [0.2, 0.25) is 0 Å². The number of carbonyl (C=O) groups excluding carboxylic acids is 3. The van der Waals surface area contributed by atoms with E-state index in [1.165, 1.54) is 23.1 Å². The number of hydrogen-bond acceptors (Lipinski definition) is 7. The van der Waals surface area contributed by atoms with Crippen LogP contribution in [-0.2, 0) is 4.79 Å². The molecule has 0 unspecified atom stereocenters. The summed E-state index contributed by atoms with van der Waals surface area (Å²) < 4.78 is 11.3. The van der Waals surface area contributed by atoms with Gasteiger partial charge in [-0.3, -0.25) is 9.59 Å². The number of likely N-dealkylation sites (N-methyl/N-ethyl adjacent to an activating group) is 1. The molecule has 0 aliphatic carbocycles. The van der Waals surface area contributed by atoms with Crippen molar-refractivity contribution >= 4 is 35.1 Å². The van der Waals surface area contributed by atoms with E-state index in [-0.39, 0.29) is 16.6 Å². The van der Waals surface area contributed by atoms with E-state index in [1.807, 2.05) is 6.92 Å². The molecule has 2 rings (SSSR count). The number of hydrogen-bond donors (Lipinski definition) is 0. The summed E-state index contributed by atoms with van der Waals surface area (Å²) in [5.74, 6) is -0.914. The molecule has 0 saturated carbocycles. The molecule has 8 heteroatoms. The molecular weight excluding hydrogens is 394 g/mol. The fourth-order valence-corrected chi connectivity index (χ4v) is 3.19. The first-order valence-corrected chi connectivity index (χ1v) is 9.72. The zero-order valence-electron chi connectivity index (χ0n) is 16.6. The van der Waals surface area contributed by atoms with Gasteiger partial charge in [-0.1, -0.05) is 12.1 Å². The van der Waals surface area contributed by atoms with Gasteiger partial charge in [-0.05, 0) is 49.8 Å². The first-order chi connectivity index (χ1) is 13.7. The molecule has 7 nitrogen and oxygen atoms in total. The SMILES string of the molecule is CCOc1cc(/C=C/C(=O)c2ccc(C(=O)[O-])s2)ccc1O[C@@H](C)C(=O)N(C)C. The lowest BCUT2D eigenvalue weighted by molar-refractivity contribution is -0.254. The number of thiophene rings is 1. The Hall–Kier alpha value is -3.13. The molecule has 1 aromatic heterocycles. The van der Waals surface area contributed by atoms with E-state index < -0.39 is 12.1 Å². The highest BCUT2D eigenvalue weighted by molar-refractivity contribution is 7.16. The number of ether oxygens (including phenoxy) is 2. The zero-order valence-corrected chi connectivity index (χ0v) is 17.4. The number of amides is 1. The van der Waals surface area contributed by atoms with E-state index in [1.54, 1.807) is 45.3 Å². The Balaban J connectivity index is 2.17. The average Bonchev–Trinajstić information content (AvgIpc) is 3.18. The van der Waals surface area contributed by atoms with Gasteiger partial charge in [0.05, 0.1) is 22.3 Å². The van der Waals surface area contributed by atoms with E-state index in [0.717, 1.165) is 11.3 Å². The van der Waals surface area contributed by atoms with Crippen LogP contribution < -0.4 is 14.6 Å². The van der Waals surface area contributed by atoms with Crippen molar-refractivity contribution in [2.24, 2.45) is 0 Å². The molecule has 0 aliphatic rings. The van der Waals surface area contributed by atoms with Crippen LogP contribution in [-0.4, -0.2) is 49.4 Å². The molecule has 1 atom stereocenters. The number of ketones is 1. The van der Waals surface area contributed by atoms with E-state index in [4.69, 9.17) is 9.47 Å². The van der Waals surface area contributed by atoms with Gasteiger partial charge in [0, 0.05) is 14.1 Å². The van der Waals surface area contributed by atoms with Crippen molar-refractivity contribution in [3.63, 3.8) is 0 Å². The molecule has 1 heterocycles. The molecule has 0 spiro atoms. The summed E-state index contributed by atoms with van der Waals surface area (Å²) in [6, 6.07) is 7.91. The lowest BCUT2D eigenvalue weighted by atomic mass is 10.1. The van der Waals surface area contributed by atoms with E-state index in [2.05, 4.69) is 0 Å². The van der Waals surface area contributed by atoms with Gasteiger partial charge in [0.2, 0.25) is 0 Å². The van der Waals surface area contributed by atoms with Gasteiger partial charge in [0.25, 0.3) is 5.91 Å². The lowest BCUT2D eigenvalue weighted by Crippen LogP contribution is -2.35. The van der Waals surface area contributed by atoms with Gasteiger partial charge in [0.15, 0.2) is 23.4 Å². The minimum Gasteiger partial charge on any atom is -0.544 e. The monoisotopic (exact) mass is 416 g/mol. The second-order valence-electron chi connectivity index (χ2n) is 6.28. The molecule has 2 aromatic rings. The highest BCUT2D eigenvalue weighted by atomic mass is 32.1. The summed E-state index contributed by atoms with van der Waals surface area (Å²) in [6.07, 6.45) is 2.28. The highest BCUT2D eigenvalue weighted by Crippen LogP contribution is 2.30.